The molecule has 1 aromatic rings. The van der Waals surface area contributed by atoms with Gasteiger partial charge in [0.05, 0.1) is 4.92 Å². The lowest BCUT2D eigenvalue weighted by atomic mass is 10.0. The van der Waals surface area contributed by atoms with Crippen LogP contribution in [0.1, 0.15) is 37.6 Å². The number of nitrogens with two attached hydrogens (primary N) is 1. The SMILES string of the molecule is CC(C)CC(C)Nc1ccc(C(N)=O)cc1[N+](=O)[O-]. The lowest BCUT2D eigenvalue weighted by Crippen LogP contribution is -2.18. The fourth-order valence-corrected chi connectivity index (χ4v) is 1.99. The van der Waals surface area contributed by atoms with Crippen molar-refractivity contribution in [2.45, 2.75) is 33.2 Å². The van der Waals surface area contributed by atoms with E-state index in [1.165, 1.54) is 18.2 Å². The van der Waals surface area contributed by atoms with Crippen LogP contribution < -0.4 is 11.1 Å². The third kappa shape index (κ3) is 4.24. The molecule has 0 fully saturated rings. The molecule has 0 heterocycles. The standard InChI is InChI=1S/C13H19N3O3/c1-8(2)6-9(3)15-11-5-4-10(13(14)17)7-12(11)16(18)19/h4-5,7-9,15H,6H2,1-3H3,(H2,14,17). The van der Waals surface area contributed by atoms with Gasteiger partial charge in [-0.25, -0.2) is 0 Å². The first-order chi connectivity index (χ1) is 8.81. The summed E-state index contributed by atoms with van der Waals surface area (Å²) in [6.07, 6.45) is 0.898. The average molecular weight is 265 g/mol. The van der Waals surface area contributed by atoms with Gasteiger partial charge in [0.15, 0.2) is 0 Å². The van der Waals surface area contributed by atoms with Crippen LogP contribution in [0.15, 0.2) is 18.2 Å². The van der Waals surface area contributed by atoms with E-state index >= 15 is 0 Å². The minimum atomic E-state index is -0.676. The molecule has 0 spiro atoms. The molecule has 0 bridgehead atoms. The lowest BCUT2D eigenvalue weighted by Gasteiger charge is -2.17. The van der Waals surface area contributed by atoms with Crippen LogP contribution in [-0.4, -0.2) is 16.9 Å². The van der Waals surface area contributed by atoms with Gasteiger partial charge >= 0.3 is 0 Å². The Morgan fingerprint density at radius 1 is 1.42 bits per heavy atom. The van der Waals surface area contributed by atoms with Crippen LogP contribution in [0, 0.1) is 16.0 Å². The molecule has 0 aliphatic rings. The Morgan fingerprint density at radius 3 is 2.53 bits per heavy atom. The molecule has 0 aliphatic heterocycles. The van der Waals surface area contributed by atoms with E-state index in [1.54, 1.807) is 0 Å². The number of carbonyl (C=O) groups is 1. The Kier molecular flexibility index (Phi) is 4.86. The first kappa shape index (κ1) is 14.9. The Hall–Kier alpha value is -2.11. The summed E-state index contributed by atoms with van der Waals surface area (Å²) in [5.41, 5.74) is 5.52. The molecule has 0 saturated carbocycles. The average Bonchev–Trinajstić information content (AvgIpc) is 2.27. The summed E-state index contributed by atoms with van der Waals surface area (Å²) >= 11 is 0. The molecule has 0 saturated heterocycles. The number of hydrogen-bond donors (Lipinski definition) is 2. The van der Waals surface area contributed by atoms with Gasteiger partial charge < -0.3 is 11.1 Å². The van der Waals surface area contributed by atoms with Gasteiger partial charge in [-0.15, -0.1) is 0 Å². The maximum Gasteiger partial charge on any atom is 0.293 e. The molecule has 19 heavy (non-hydrogen) atoms. The number of anilines is 1. The van der Waals surface area contributed by atoms with E-state index in [0.717, 1.165) is 6.42 Å². The quantitative estimate of drug-likeness (QED) is 0.610. The van der Waals surface area contributed by atoms with Gasteiger partial charge in [0.1, 0.15) is 5.69 Å². The molecule has 1 amide bonds. The third-order valence-electron chi connectivity index (χ3n) is 2.71. The number of nitrogens with zero attached hydrogens (tertiary/aromatic N) is 1. The van der Waals surface area contributed by atoms with Gasteiger partial charge in [0.2, 0.25) is 5.91 Å². The van der Waals surface area contributed by atoms with Gasteiger partial charge in [-0.3, -0.25) is 14.9 Å². The minimum Gasteiger partial charge on any atom is -0.377 e. The number of nitrogens with one attached hydrogen (secondary N) is 1. The van der Waals surface area contributed by atoms with Crippen molar-refractivity contribution in [1.82, 2.24) is 0 Å². The van der Waals surface area contributed by atoms with Crippen molar-refractivity contribution < 1.29 is 9.72 Å². The van der Waals surface area contributed by atoms with Crippen molar-refractivity contribution in [3.63, 3.8) is 0 Å². The van der Waals surface area contributed by atoms with Crippen molar-refractivity contribution in [3.05, 3.63) is 33.9 Å². The molecular weight excluding hydrogens is 246 g/mol. The van der Waals surface area contributed by atoms with Crippen LogP contribution in [0.4, 0.5) is 11.4 Å². The molecule has 1 rings (SSSR count). The Labute approximate surface area is 112 Å². The van der Waals surface area contributed by atoms with E-state index in [-0.39, 0.29) is 17.3 Å². The fourth-order valence-electron chi connectivity index (χ4n) is 1.99. The molecule has 1 atom stereocenters. The number of rotatable bonds is 6. The number of carbonyl (C=O) groups excluding carboxylic acids is 1. The molecule has 0 aromatic heterocycles. The molecule has 0 aliphatic carbocycles. The Bertz CT molecular complexity index is 486. The summed E-state index contributed by atoms with van der Waals surface area (Å²) < 4.78 is 0. The highest BCUT2D eigenvalue weighted by Gasteiger charge is 2.18. The number of amides is 1. The maximum atomic E-state index is 11.0. The second kappa shape index (κ2) is 6.17. The minimum absolute atomic E-state index is 0.109. The lowest BCUT2D eigenvalue weighted by molar-refractivity contribution is -0.384. The van der Waals surface area contributed by atoms with E-state index in [0.29, 0.717) is 11.6 Å². The van der Waals surface area contributed by atoms with Crippen LogP contribution in [-0.2, 0) is 0 Å². The highest BCUT2D eigenvalue weighted by molar-refractivity contribution is 5.94. The number of hydrogen-bond acceptors (Lipinski definition) is 4. The van der Waals surface area contributed by atoms with E-state index in [1.807, 2.05) is 6.92 Å². The molecule has 3 N–H and O–H groups in total. The van der Waals surface area contributed by atoms with Gasteiger partial charge in [-0.05, 0) is 31.4 Å². The zero-order chi connectivity index (χ0) is 14.6. The number of primary amides is 1. The molecule has 1 aromatic carbocycles. The Balaban J connectivity index is 3.00. The molecule has 0 radical (unpaired) electrons. The van der Waals surface area contributed by atoms with E-state index in [9.17, 15) is 14.9 Å². The van der Waals surface area contributed by atoms with E-state index in [4.69, 9.17) is 5.73 Å². The monoisotopic (exact) mass is 265 g/mol. The molecule has 6 nitrogen and oxygen atoms in total. The first-order valence-corrected chi connectivity index (χ1v) is 6.16. The van der Waals surface area contributed by atoms with Crippen LogP contribution in [0.25, 0.3) is 0 Å². The van der Waals surface area contributed by atoms with Gasteiger partial charge in [-0.1, -0.05) is 13.8 Å². The van der Waals surface area contributed by atoms with E-state index in [2.05, 4.69) is 19.2 Å². The summed E-state index contributed by atoms with van der Waals surface area (Å²) in [6, 6.07) is 4.32. The van der Waals surface area contributed by atoms with Crippen molar-refractivity contribution >= 4 is 17.3 Å². The molecule has 104 valence electrons. The van der Waals surface area contributed by atoms with Crippen molar-refractivity contribution in [2.24, 2.45) is 11.7 Å². The number of nitro groups is 1. The number of nitro benzene ring substituents is 1. The van der Waals surface area contributed by atoms with Gasteiger partial charge in [-0.2, -0.15) is 0 Å². The summed E-state index contributed by atoms with van der Waals surface area (Å²) in [7, 11) is 0. The van der Waals surface area contributed by atoms with Crippen LogP contribution in [0.2, 0.25) is 0 Å². The summed E-state index contributed by atoms with van der Waals surface area (Å²) in [5, 5.41) is 14.1. The van der Waals surface area contributed by atoms with Gasteiger partial charge in [0.25, 0.3) is 5.69 Å². The Morgan fingerprint density at radius 2 is 2.05 bits per heavy atom. The molecular formula is C13H19N3O3. The zero-order valence-electron chi connectivity index (χ0n) is 11.3. The van der Waals surface area contributed by atoms with Crippen LogP contribution in [0.5, 0.6) is 0 Å². The number of benzene rings is 1. The van der Waals surface area contributed by atoms with Crippen molar-refractivity contribution in [2.75, 3.05) is 5.32 Å². The van der Waals surface area contributed by atoms with Crippen molar-refractivity contribution in [3.8, 4) is 0 Å². The van der Waals surface area contributed by atoms with Crippen LogP contribution >= 0.6 is 0 Å². The van der Waals surface area contributed by atoms with Crippen LogP contribution in [0.3, 0.4) is 0 Å². The summed E-state index contributed by atoms with van der Waals surface area (Å²) in [5.74, 6) is -0.184. The molecule has 6 heteroatoms. The second-order valence-corrected chi connectivity index (χ2v) is 5.03. The molecule has 1 unspecified atom stereocenters. The highest BCUT2D eigenvalue weighted by Crippen LogP contribution is 2.26. The summed E-state index contributed by atoms with van der Waals surface area (Å²) in [6.45, 7) is 6.14. The zero-order valence-corrected chi connectivity index (χ0v) is 11.3. The van der Waals surface area contributed by atoms with E-state index < -0.39 is 10.8 Å². The smallest absolute Gasteiger partial charge is 0.293 e. The first-order valence-electron chi connectivity index (χ1n) is 6.16. The normalized spacial score (nSPS) is 12.2. The topological polar surface area (TPSA) is 98.3 Å². The highest BCUT2D eigenvalue weighted by atomic mass is 16.6. The van der Waals surface area contributed by atoms with Crippen molar-refractivity contribution in [1.29, 1.82) is 0 Å². The predicted octanol–water partition coefficient (Wildman–Crippen LogP) is 2.54. The van der Waals surface area contributed by atoms with Gasteiger partial charge in [0, 0.05) is 17.7 Å². The predicted molar refractivity (Wildman–Crippen MR) is 74.2 cm³/mol. The summed E-state index contributed by atoms with van der Waals surface area (Å²) in [4.78, 5) is 21.5. The third-order valence-corrected chi connectivity index (χ3v) is 2.71. The fraction of sp³-hybridized carbons (Fsp3) is 0.462. The largest absolute Gasteiger partial charge is 0.377 e. The second-order valence-electron chi connectivity index (χ2n) is 5.03. The maximum absolute atomic E-state index is 11.0.